The molecule has 0 aromatic carbocycles. The zero-order valence-electron chi connectivity index (χ0n) is 20.5. The number of hydrogen-bond donors (Lipinski definition) is 1. The molecule has 2 aliphatic rings. The van der Waals surface area contributed by atoms with Gasteiger partial charge >= 0.3 is 5.97 Å². The average molecular weight is 505 g/mol. The molecule has 1 fully saturated rings. The van der Waals surface area contributed by atoms with Crippen LogP contribution in [0.15, 0.2) is 5.16 Å². The van der Waals surface area contributed by atoms with Gasteiger partial charge in [0.25, 0.3) is 0 Å². The molecule has 2 aromatic rings. The molecule has 7 nitrogen and oxygen atoms in total. The molecule has 1 amide bonds. The highest BCUT2D eigenvalue weighted by atomic mass is 32.2. The Morgan fingerprint density at radius 1 is 1.21 bits per heavy atom. The smallest absolute Gasteiger partial charge is 0.341 e. The van der Waals surface area contributed by atoms with Gasteiger partial charge in [-0.25, -0.2) is 4.79 Å². The van der Waals surface area contributed by atoms with Crippen molar-refractivity contribution >= 4 is 40.0 Å². The Bertz CT molecular complexity index is 1010. The van der Waals surface area contributed by atoms with Gasteiger partial charge in [-0.05, 0) is 50.0 Å². The number of thioether (sulfide) groups is 1. The number of rotatable bonds is 9. The van der Waals surface area contributed by atoms with Crippen molar-refractivity contribution in [2.24, 2.45) is 18.9 Å². The molecule has 9 heteroatoms. The molecule has 34 heavy (non-hydrogen) atoms. The van der Waals surface area contributed by atoms with Crippen LogP contribution in [0.4, 0.5) is 5.00 Å². The van der Waals surface area contributed by atoms with Gasteiger partial charge in [0.05, 0.1) is 17.9 Å². The zero-order chi connectivity index (χ0) is 24.1. The Labute approximate surface area is 210 Å². The van der Waals surface area contributed by atoms with E-state index in [0.29, 0.717) is 23.1 Å². The molecule has 0 bridgehead atoms. The molecular weight excluding hydrogens is 468 g/mol. The normalized spacial score (nSPS) is 18.5. The van der Waals surface area contributed by atoms with Crippen LogP contribution in [-0.2, 0) is 35.8 Å². The van der Waals surface area contributed by atoms with Crippen LogP contribution >= 0.6 is 23.1 Å². The van der Waals surface area contributed by atoms with Gasteiger partial charge in [-0.15, -0.1) is 21.5 Å². The molecule has 4 rings (SSSR count). The number of carbonyl (C=O) groups excluding carboxylic acids is 2. The molecule has 0 aliphatic heterocycles. The summed E-state index contributed by atoms with van der Waals surface area (Å²) < 4.78 is 7.32. The fraction of sp³-hybridized carbons (Fsp3) is 0.680. The van der Waals surface area contributed by atoms with Crippen LogP contribution < -0.4 is 5.32 Å². The number of aromatic nitrogens is 3. The third kappa shape index (κ3) is 6.03. The molecule has 1 unspecified atom stereocenters. The van der Waals surface area contributed by atoms with Crippen molar-refractivity contribution in [2.45, 2.75) is 83.2 Å². The summed E-state index contributed by atoms with van der Waals surface area (Å²) in [4.78, 5) is 26.7. The fourth-order valence-corrected chi connectivity index (χ4v) is 7.19. The van der Waals surface area contributed by atoms with E-state index in [0.717, 1.165) is 54.6 Å². The molecule has 1 N–H and O–H groups in total. The van der Waals surface area contributed by atoms with E-state index in [4.69, 9.17) is 4.74 Å². The first-order chi connectivity index (χ1) is 16.5. The number of carbonyl (C=O) groups is 2. The van der Waals surface area contributed by atoms with Crippen LogP contribution in [0.1, 0.15) is 85.4 Å². The molecular formula is C25H36N4O3S2. The van der Waals surface area contributed by atoms with Gasteiger partial charge in [0, 0.05) is 18.3 Å². The summed E-state index contributed by atoms with van der Waals surface area (Å²) in [7, 11) is 1.98. The minimum atomic E-state index is -0.339. The molecule has 0 spiro atoms. The van der Waals surface area contributed by atoms with Crippen molar-refractivity contribution in [1.82, 2.24) is 14.8 Å². The molecule has 186 valence electrons. The maximum atomic E-state index is 12.8. The fourth-order valence-electron chi connectivity index (χ4n) is 5.05. The van der Waals surface area contributed by atoms with Crippen molar-refractivity contribution in [1.29, 1.82) is 0 Å². The number of esters is 1. The summed E-state index contributed by atoms with van der Waals surface area (Å²) >= 11 is 2.90. The van der Waals surface area contributed by atoms with Gasteiger partial charge in [0.1, 0.15) is 10.8 Å². The summed E-state index contributed by atoms with van der Waals surface area (Å²) in [5.41, 5.74) is 1.61. The van der Waals surface area contributed by atoms with E-state index >= 15 is 0 Å². The van der Waals surface area contributed by atoms with Gasteiger partial charge in [-0.2, -0.15) is 0 Å². The molecule has 0 radical (unpaired) electrons. The summed E-state index contributed by atoms with van der Waals surface area (Å²) in [6.07, 6.45) is 11.7. The third-order valence-electron chi connectivity index (χ3n) is 7.00. The van der Waals surface area contributed by atoms with Gasteiger partial charge in [0.2, 0.25) is 5.91 Å². The summed E-state index contributed by atoms with van der Waals surface area (Å²) in [6, 6.07) is 0. The number of amides is 1. The first-order valence-electron chi connectivity index (χ1n) is 12.6. The van der Waals surface area contributed by atoms with E-state index in [9.17, 15) is 9.59 Å². The van der Waals surface area contributed by atoms with E-state index in [2.05, 4.69) is 22.4 Å². The van der Waals surface area contributed by atoms with Crippen molar-refractivity contribution in [3.63, 3.8) is 0 Å². The third-order valence-corrected chi connectivity index (χ3v) is 9.19. The Kier molecular flexibility index (Phi) is 8.69. The number of anilines is 1. The first-order valence-corrected chi connectivity index (χ1v) is 14.4. The number of aryl methyl sites for hydroxylation is 1. The van der Waals surface area contributed by atoms with Crippen molar-refractivity contribution in [2.75, 3.05) is 17.7 Å². The summed E-state index contributed by atoms with van der Waals surface area (Å²) in [5.74, 6) is 2.11. The van der Waals surface area contributed by atoms with Crippen molar-refractivity contribution in [3.8, 4) is 0 Å². The van der Waals surface area contributed by atoms with Crippen LogP contribution in [-0.4, -0.2) is 39.0 Å². The minimum Gasteiger partial charge on any atom is -0.462 e. The Morgan fingerprint density at radius 3 is 2.76 bits per heavy atom. The Balaban J connectivity index is 1.36. The largest absolute Gasteiger partial charge is 0.462 e. The summed E-state index contributed by atoms with van der Waals surface area (Å²) in [6.45, 7) is 4.35. The van der Waals surface area contributed by atoms with Gasteiger partial charge < -0.3 is 14.6 Å². The van der Waals surface area contributed by atoms with E-state index in [1.807, 2.05) is 11.6 Å². The molecule has 2 aliphatic carbocycles. The molecule has 2 aromatic heterocycles. The standard InChI is InChI=1S/C25H36N4O3S2/c1-4-32-24(31)22-18-12-10-16(2)14-19(18)34-23(22)26-21(30)15-33-25-28-27-20(29(25)3)13-11-17-8-6-5-7-9-17/h16-17H,4-15H2,1-3H3,(H,26,30). The number of fused-ring (bicyclic) bond motifs is 1. The number of nitrogens with one attached hydrogen (secondary N) is 1. The molecule has 2 heterocycles. The van der Waals surface area contributed by atoms with Crippen molar-refractivity contribution in [3.05, 3.63) is 21.8 Å². The van der Waals surface area contributed by atoms with Gasteiger partial charge in [-0.1, -0.05) is 50.8 Å². The highest BCUT2D eigenvalue weighted by Gasteiger charge is 2.29. The number of nitrogens with zero attached hydrogens (tertiary/aromatic N) is 3. The lowest BCUT2D eigenvalue weighted by molar-refractivity contribution is -0.113. The highest BCUT2D eigenvalue weighted by Crippen LogP contribution is 2.40. The first kappa shape index (κ1) is 25.2. The molecule has 0 saturated heterocycles. The van der Waals surface area contributed by atoms with Crippen LogP contribution in [0.2, 0.25) is 0 Å². The molecule has 1 saturated carbocycles. The Hall–Kier alpha value is -1.87. The minimum absolute atomic E-state index is 0.144. The van der Waals surface area contributed by atoms with E-state index in [1.165, 1.54) is 60.1 Å². The quantitative estimate of drug-likeness (QED) is 0.362. The van der Waals surface area contributed by atoms with Crippen LogP contribution in [0.5, 0.6) is 0 Å². The lowest BCUT2D eigenvalue weighted by Crippen LogP contribution is -2.18. The highest BCUT2D eigenvalue weighted by molar-refractivity contribution is 7.99. The maximum absolute atomic E-state index is 12.8. The predicted octanol–water partition coefficient (Wildman–Crippen LogP) is 5.42. The number of ether oxygens (including phenoxy) is 1. The second-order valence-electron chi connectivity index (χ2n) is 9.61. The predicted molar refractivity (Wildman–Crippen MR) is 137 cm³/mol. The monoisotopic (exact) mass is 504 g/mol. The van der Waals surface area contributed by atoms with Crippen LogP contribution in [0, 0.1) is 11.8 Å². The summed E-state index contributed by atoms with van der Waals surface area (Å²) in [5, 5.41) is 13.0. The second kappa shape index (κ2) is 11.7. The van der Waals surface area contributed by atoms with Crippen LogP contribution in [0.3, 0.4) is 0 Å². The maximum Gasteiger partial charge on any atom is 0.341 e. The van der Waals surface area contributed by atoms with E-state index in [-0.39, 0.29) is 17.6 Å². The lowest BCUT2D eigenvalue weighted by atomic mass is 9.86. The molecule has 1 atom stereocenters. The SMILES string of the molecule is CCOC(=O)c1c(NC(=O)CSc2nnc(CCC3CCCCC3)n2C)sc2c1CCC(C)C2. The zero-order valence-corrected chi connectivity index (χ0v) is 22.2. The van der Waals surface area contributed by atoms with Crippen molar-refractivity contribution < 1.29 is 14.3 Å². The van der Waals surface area contributed by atoms with E-state index < -0.39 is 0 Å². The van der Waals surface area contributed by atoms with Gasteiger partial charge in [-0.3, -0.25) is 4.79 Å². The van der Waals surface area contributed by atoms with Crippen LogP contribution in [0.25, 0.3) is 0 Å². The Morgan fingerprint density at radius 2 is 2.00 bits per heavy atom. The number of thiophene rings is 1. The number of hydrogen-bond acceptors (Lipinski definition) is 7. The lowest BCUT2D eigenvalue weighted by Gasteiger charge is -2.20. The van der Waals surface area contributed by atoms with E-state index in [1.54, 1.807) is 6.92 Å². The topological polar surface area (TPSA) is 86.1 Å². The average Bonchev–Trinajstić information content (AvgIpc) is 3.36. The van der Waals surface area contributed by atoms with Gasteiger partial charge in [0.15, 0.2) is 5.16 Å². The second-order valence-corrected chi connectivity index (χ2v) is 11.7.